The van der Waals surface area contributed by atoms with Gasteiger partial charge in [0.1, 0.15) is 0 Å². The number of rotatable bonds is 6. The minimum atomic E-state index is -0.325. The fraction of sp³-hybridized carbons (Fsp3) is 0.182. The lowest BCUT2D eigenvalue weighted by molar-refractivity contribution is 0.0598. The van der Waals surface area contributed by atoms with Gasteiger partial charge in [-0.15, -0.1) is 0 Å². The topological polar surface area (TPSA) is 64.7 Å². The lowest BCUT2D eigenvalue weighted by atomic mass is 9.96. The molecule has 0 bridgehead atoms. The molecule has 1 heterocycles. The number of hydrogen-bond acceptors (Lipinski definition) is 4. The predicted octanol–water partition coefficient (Wildman–Crippen LogP) is 6.43. The van der Waals surface area contributed by atoms with Crippen LogP contribution in [0.15, 0.2) is 108 Å². The number of carbonyl (C=O) groups is 2. The summed E-state index contributed by atoms with van der Waals surface area (Å²) in [4.78, 5) is 30.7. The van der Waals surface area contributed by atoms with Gasteiger partial charge in [-0.1, -0.05) is 94.8 Å². The molecule has 208 valence electrons. The highest BCUT2D eigenvalue weighted by Gasteiger charge is 2.29. The Morgan fingerprint density at radius 1 is 0.805 bits per heavy atom. The smallest absolute Gasteiger partial charge is 0.257 e. The Morgan fingerprint density at radius 2 is 1.39 bits per heavy atom. The van der Waals surface area contributed by atoms with Crippen LogP contribution in [-0.4, -0.2) is 52.9 Å². The van der Waals surface area contributed by atoms with Crippen molar-refractivity contribution in [2.45, 2.75) is 13.0 Å². The number of hydrogen-bond donors (Lipinski definition) is 2. The first-order chi connectivity index (χ1) is 19.9. The molecule has 4 aromatic carbocycles. The molecule has 6 nitrogen and oxygen atoms in total. The van der Waals surface area contributed by atoms with Crippen LogP contribution in [0.5, 0.6) is 0 Å². The van der Waals surface area contributed by atoms with Gasteiger partial charge >= 0.3 is 0 Å². The van der Waals surface area contributed by atoms with Crippen LogP contribution in [0.25, 0.3) is 0 Å². The Morgan fingerprint density at radius 3 is 2.00 bits per heavy atom. The number of benzene rings is 4. The zero-order valence-electron chi connectivity index (χ0n) is 22.7. The molecular formula is C33H31BrN4O2S. The molecule has 8 heteroatoms. The van der Waals surface area contributed by atoms with Crippen molar-refractivity contribution in [2.24, 2.45) is 0 Å². The second-order valence-electron chi connectivity index (χ2n) is 9.97. The van der Waals surface area contributed by atoms with Gasteiger partial charge < -0.3 is 10.2 Å². The average Bonchev–Trinajstić information content (AvgIpc) is 3.00. The maximum absolute atomic E-state index is 13.7. The first-order valence-corrected chi connectivity index (χ1v) is 14.7. The summed E-state index contributed by atoms with van der Waals surface area (Å²) < 4.78 is 0.846. The van der Waals surface area contributed by atoms with E-state index in [-0.39, 0.29) is 23.0 Å². The van der Waals surface area contributed by atoms with Crippen LogP contribution in [0.2, 0.25) is 0 Å². The van der Waals surface area contributed by atoms with Gasteiger partial charge in [0.2, 0.25) is 0 Å². The summed E-state index contributed by atoms with van der Waals surface area (Å²) in [5, 5.41) is 5.90. The van der Waals surface area contributed by atoms with Crippen molar-refractivity contribution in [1.29, 1.82) is 0 Å². The largest absolute Gasteiger partial charge is 0.336 e. The lowest BCUT2D eigenvalue weighted by Gasteiger charge is -2.40. The third kappa shape index (κ3) is 6.90. The van der Waals surface area contributed by atoms with Gasteiger partial charge in [-0.05, 0) is 60.1 Å². The second-order valence-corrected chi connectivity index (χ2v) is 11.2. The molecule has 1 aliphatic heterocycles. The van der Waals surface area contributed by atoms with E-state index >= 15 is 0 Å². The van der Waals surface area contributed by atoms with E-state index in [9.17, 15) is 9.59 Å². The number of thiocarbonyl (C=S) groups is 1. The number of anilines is 1. The van der Waals surface area contributed by atoms with E-state index < -0.39 is 0 Å². The second kappa shape index (κ2) is 13.2. The Balaban J connectivity index is 1.25. The van der Waals surface area contributed by atoms with Gasteiger partial charge in [0.15, 0.2) is 5.11 Å². The van der Waals surface area contributed by atoms with E-state index in [0.29, 0.717) is 29.9 Å². The molecule has 0 aliphatic carbocycles. The average molecular weight is 628 g/mol. The number of piperazine rings is 1. The van der Waals surface area contributed by atoms with E-state index in [1.165, 1.54) is 11.1 Å². The molecule has 0 unspecified atom stereocenters. The van der Waals surface area contributed by atoms with E-state index in [4.69, 9.17) is 12.2 Å². The van der Waals surface area contributed by atoms with Crippen LogP contribution in [0.3, 0.4) is 0 Å². The molecule has 0 saturated carbocycles. The molecule has 0 radical (unpaired) electrons. The normalized spacial score (nSPS) is 13.6. The highest BCUT2D eigenvalue weighted by molar-refractivity contribution is 9.10. The van der Waals surface area contributed by atoms with Gasteiger partial charge in [0.05, 0.1) is 17.3 Å². The molecule has 2 amide bonds. The summed E-state index contributed by atoms with van der Waals surface area (Å²) in [5.74, 6) is -0.394. The lowest BCUT2D eigenvalue weighted by Crippen LogP contribution is -2.50. The standard InChI is InChI=1S/C33H31BrN4O2S/c1-23-16-17-26(22-28(23)34)31(39)36-33(41)35-29-15-9-8-14-27(29)32(40)38-20-18-37(19-21-38)30(24-10-4-2-5-11-24)25-12-6-3-7-13-25/h2-17,22,30H,18-21H2,1H3,(H2,35,36,39,41). The zero-order chi connectivity index (χ0) is 28.8. The number of carbonyl (C=O) groups excluding carboxylic acids is 2. The van der Waals surface area contributed by atoms with E-state index in [2.05, 4.69) is 80.0 Å². The van der Waals surface area contributed by atoms with Crippen molar-refractivity contribution < 1.29 is 9.59 Å². The highest BCUT2D eigenvalue weighted by Crippen LogP contribution is 2.30. The molecule has 4 aromatic rings. The summed E-state index contributed by atoms with van der Waals surface area (Å²) in [6.45, 7) is 4.66. The van der Waals surface area contributed by atoms with Crippen molar-refractivity contribution in [3.05, 3.63) is 135 Å². The molecular weight excluding hydrogens is 596 g/mol. The number of amides is 2. The Hall–Kier alpha value is -3.85. The molecule has 1 saturated heterocycles. The predicted molar refractivity (Wildman–Crippen MR) is 171 cm³/mol. The van der Waals surface area contributed by atoms with Crippen LogP contribution < -0.4 is 10.6 Å². The Kier molecular flexibility index (Phi) is 9.24. The molecule has 5 rings (SSSR count). The summed E-state index contributed by atoms with van der Waals surface area (Å²) >= 11 is 8.88. The van der Waals surface area contributed by atoms with Crippen molar-refractivity contribution in [1.82, 2.24) is 15.1 Å². The monoisotopic (exact) mass is 626 g/mol. The van der Waals surface area contributed by atoms with Crippen LogP contribution in [0, 0.1) is 6.92 Å². The van der Waals surface area contributed by atoms with Gasteiger partial charge in [-0.2, -0.15) is 0 Å². The van der Waals surface area contributed by atoms with Gasteiger partial charge in [-0.3, -0.25) is 19.8 Å². The maximum atomic E-state index is 13.7. The van der Waals surface area contributed by atoms with Crippen molar-refractivity contribution in [3.8, 4) is 0 Å². The summed E-state index contributed by atoms with van der Waals surface area (Å²) in [6.07, 6.45) is 0. The number of nitrogens with one attached hydrogen (secondary N) is 2. The number of para-hydroxylation sites is 1. The minimum absolute atomic E-state index is 0.0692. The molecule has 41 heavy (non-hydrogen) atoms. The summed E-state index contributed by atoms with van der Waals surface area (Å²) in [6, 6.07) is 33.7. The summed E-state index contributed by atoms with van der Waals surface area (Å²) in [7, 11) is 0. The highest BCUT2D eigenvalue weighted by atomic mass is 79.9. The Labute approximate surface area is 254 Å². The minimum Gasteiger partial charge on any atom is -0.336 e. The van der Waals surface area contributed by atoms with E-state index in [0.717, 1.165) is 23.1 Å². The van der Waals surface area contributed by atoms with Gasteiger partial charge in [-0.25, -0.2) is 0 Å². The Bertz CT molecular complexity index is 1500. The van der Waals surface area contributed by atoms with Crippen LogP contribution in [0.4, 0.5) is 5.69 Å². The molecule has 0 aromatic heterocycles. The van der Waals surface area contributed by atoms with Crippen molar-refractivity contribution >= 4 is 50.8 Å². The third-order valence-electron chi connectivity index (χ3n) is 7.26. The molecule has 2 N–H and O–H groups in total. The molecule has 0 spiro atoms. The maximum Gasteiger partial charge on any atom is 0.257 e. The van der Waals surface area contributed by atoms with Crippen LogP contribution in [0.1, 0.15) is 43.4 Å². The molecule has 0 atom stereocenters. The molecule has 1 fully saturated rings. The quantitative estimate of drug-likeness (QED) is 0.241. The fourth-order valence-electron chi connectivity index (χ4n) is 5.08. The molecule has 1 aliphatic rings. The van der Waals surface area contributed by atoms with Crippen molar-refractivity contribution in [2.75, 3.05) is 31.5 Å². The van der Waals surface area contributed by atoms with Gasteiger partial charge in [0.25, 0.3) is 11.8 Å². The summed E-state index contributed by atoms with van der Waals surface area (Å²) in [5.41, 5.74) is 5.06. The van der Waals surface area contributed by atoms with Gasteiger partial charge in [0, 0.05) is 36.2 Å². The first kappa shape index (κ1) is 28.7. The van der Waals surface area contributed by atoms with E-state index in [1.54, 1.807) is 24.3 Å². The van der Waals surface area contributed by atoms with E-state index in [1.807, 2.05) is 42.2 Å². The number of nitrogens with zero attached hydrogens (tertiary/aromatic N) is 2. The zero-order valence-corrected chi connectivity index (χ0v) is 25.1. The third-order valence-corrected chi connectivity index (χ3v) is 8.32. The van der Waals surface area contributed by atoms with Crippen LogP contribution in [-0.2, 0) is 0 Å². The van der Waals surface area contributed by atoms with Crippen molar-refractivity contribution in [3.63, 3.8) is 0 Å². The first-order valence-electron chi connectivity index (χ1n) is 13.5. The fourth-order valence-corrected chi connectivity index (χ4v) is 5.66. The number of halogens is 1. The number of aryl methyl sites for hydroxylation is 1. The SMILES string of the molecule is Cc1ccc(C(=O)NC(=S)Nc2ccccc2C(=O)N2CCN(C(c3ccccc3)c3ccccc3)CC2)cc1Br. The van der Waals surface area contributed by atoms with Crippen LogP contribution >= 0.6 is 28.1 Å².